The molecule has 1 fully saturated rings. The number of piperidine rings is 1. The van der Waals surface area contributed by atoms with Crippen molar-refractivity contribution in [2.45, 2.75) is 19.8 Å². The summed E-state index contributed by atoms with van der Waals surface area (Å²) in [6.45, 7) is 4.20. The Balaban J connectivity index is 1.63. The van der Waals surface area contributed by atoms with Crippen molar-refractivity contribution in [1.82, 2.24) is 9.97 Å². The maximum Gasteiger partial charge on any atom is 0.255 e. The zero-order chi connectivity index (χ0) is 16.9. The highest BCUT2D eigenvalue weighted by Gasteiger charge is 2.17. The molecule has 1 aliphatic heterocycles. The summed E-state index contributed by atoms with van der Waals surface area (Å²) in [5.41, 5.74) is 1.57. The SMILES string of the molecule is CC1CCN(c2ncc(NC(=O)c3ccc(C#N)cc3)cn2)CC1. The predicted molar refractivity (Wildman–Crippen MR) is 91.8 cm³/mol. The molecule has 3 rings (SSSR count). The first-order valence-corrected chi connectivity index (χ1v) is 8.04. The second kappa shape index (κ2) is 7.09. The van der Waals surface area contributed by atoms with Gasteiger partial charge in [-0.3, -0.25) is 4.79 Å². The molecule has 0 bridgehead atoms. The molecule has 1 N–H and O–H groups in total. The minimum absolute atomic E-state index is 0.248. The van der Waals surface area contributed by atoms with Crippen molar-refractivity contribution >= 4 is 17.5 Å². The zero-order valence-corrected chi connectivity index (χ0v) is 13.6. The molecule has 1 aromatic carbocycles. The van der Waals surface area contributed by atoms with Gasteiger partial charge in [-0.25, -0.2) is 9.97 Å². The molecule has 2 aromatic rings. The predicted octanol–water partition coefficient (Wildman–Crippen LogP) is 2.84. The van der Waals surface area contributed by atoms with Crippen molar-refractivity contribution in [3.63, 3.8) is 0 Å². The molecule has 6 heteroatoms. The second-order valence-corrected chi connectivity index (χ2v) is 6.08. The van der Waals surface area contributed by atoms with Crippen LogP contribution in [0.25, 0.3) is 0 Å². The average molecular weight is 321 g/mol. The van der Waals surface area contributed by atoms with E-state index >= 15 is 0 Å². The van der Waals surface area contributed by atoms with E-state index in [0.29, 0.717) is 22.8 Å². The van der Waals surface area contributed by atoms with E-state index in [4.69, 9.17) is 5.26 Å². The number of hydrogen-bond acceptors (Lipinski definition) is 5. The summed E-state index contributed by atoms with van der Waals surface area (Å²) >= 11 is 0. The number of hydrogen-bond donors (Lipinski definition) is 1. The van der Waals surface area contributed by atoms with Crippen molar-refractivity contribution in [3.05, 3.63) is 47.8 Å². The van der Waals surface area contributed by atoms with Gasteiger partial charge in [0.1, 0.15) is 0 Å². The number of nitrogens with zero attached hydrogens (tertiary/aromatic N) is 4. The summed E-state index contributed by atoms with van der Waals surface area (Å²) in [5, 5.41) is 11.5. The highest BCUT2D eigenvalue weighted by Crippen LogP contribution is 2.20. The Labute approximate surface area is 141 Å². The topological polar surface area (TPSA) is 81.9 Å². The van der Waals surface area contributed by atoms with Crippen LogP contribution in [0.2, 0.25) is 0 Å². The first-order valence-electron chi connectivity index (χ1n) is 8.04. The zero-order valence-electron chi connectivity index (χ0n) is 13.6. The smallest absolute Gasteiger partial charge is 0.255 e. The summed E-state index contributed by atoms with van der Waals surface area (Å²) < 4.78 is 0. The lowest BCUT2D eigenvalue weighted by molar-refractivity contribution is 0.102. The van der Waals surface area contributed by atoms with Crippen LogP contribution in [0.1, 0.15) is 35.7 Å². The molecule has 1 amide bonds. The van der Waals surface area contributed by atoms with Crippen molar-refractivity contribution in [2.24, 2.45) is 5.92 Å². The number of amides is 1. The standard InChI is InChI=1S/C18H19N5O/c1-13-6-8-23(9-7-13)18-20-11-16(12-21-18)22-17(24)15-4-2-14(10-19)3-5-15/h2-5,11-13H,6-9H2,1H3,(H,22,24). The quantitative estimate of drug-likeness (QED) is 0.940. The largest absolute Gasteiger partial charge is 0.341 e. The van der Waals surface area contributed by atoms with Gasteiger partial charge in [-0.1, -0.05) is 6.92 Å². The van der Waals surface area contributed by atoms with Crippen LogP contribution in [-0.4, -0.2) is 29.0 Å². The Kier molecular flexibility index (Phi) is 4.71. The lowest BCUT2D eigenvalue weighted by atomic mass is 10.00. The lowest BCUT2D eigenvalue weighted by Crippen LogP contribution is -2.34. The molecular weight excluding hydrogens is 302 g/mol. The maximum atomic E-state index is 12.2. The van der Waals surface area contributed by atoms with Gasteiger partial charge in [0.15, 0.2) is 0 Å². The molecule has 122 valence electrons. The molecule has 1 aliphatic rings. The Morgan fingerprint density at radius 1 is 1.21 bits per heavy atom. The van der Waals surface area contributed by atoms with Gasteiger partial charge in [-0.05, 0) is 43.0 Å². The average Bonchev–Trinajstić information content (AvgIpc) is 2.63. The number of nitriles is 1. The fourth-order valence-electron chi connectivity index (χ4n) is 2.66. The van der Waals surface area contributed by atoms with Crippen LogP contribution in [-0.2, 0) is 0 Å². The number of benzene rings is 1. The molecule has 0 saturated carbocycles. The van der Waals surface area contributed by atoms with Gasteiger partial charge in [-0.15, -0.1) is 0 Å². The molecule has 6 nitrogen and oxygen atoms in total. The van der Waals surface area contributed by atoms with E-state index in [-0.39, 0.29) is 5.91 Å². The van der Waals surface area contributed by atoms with Crippen LogP contribution >= 0.6 is 0 Å². The van der Waals surface area contributed by atoms with E-state index in [0.717, 1.165) is 31.8 Å². The lowest BCUT2D eigenvalue weighted by Gasteiger charge is -2.30. The molecule has 0 spiro atoms. The minimum Gasteiger partial charge on any atom is -0.341 e. The van der Waals surface area contributed by atoms with Gasteiger partial charge in [0.05, 0.1) is 29.7 Å². The van der Waals surface area contributed by atoms with Gasteiger partial charge < -0.3 is 10.2 Å². The molecule has 0 radical (unpaired) electrons. The van der Waals surface area contributed by atoms with E-state index in [1.807, 2.05) is 6.07 Å². The summed E-state index contributed by atoms with van der Waals surface area (Å²) in [6, 6.07) is 8.51. The summed E-state index contributed by atoms with van der Waals surface area (Å²) in [5.74, 6) is 1.22. The first-order chi connectivity index (χ1) is 11.7. The van der Waals surface area contributed by atoms with Crippen molar-refractivity contribution in [3.8, 4) is 6.07 Å². The van der Waals surface area contributed by atoms with Gasteiger partial charge in [0.2, 0.25) is 5.95 Å². The number of nitrogens with one attached hydrogen (secondary N) is 1. The molecule has 1 saturated heterocycles. The highest BCUT2D eigenvalue weighted by atomic mass is 16.1. The summed E-state index contributed by atoms with van der Waals surface area (Å²) in [4.78, 5) is 23.1. The maximum absolute atomic E-state index is 12.2. The molecule has 0 atom stereocenters. The number of rotatable bonds is 3. The van der Waals surface area contributed by atoms with Crippen LogP contribution in [0.3, 0.4) is 0 Å². The summed E-state index contributed by atoms with van der Waals surface area (Å²) in [6.07, 6.45) is 5.56. The Morgan fingerprint density at radius 3 is 2.42 bits per heavy atom. The van der Waals surface area contributed by atoms with Crippen molar-refractivity contribution in [1.29, 1.82) is 5.26 Å². The van der Waals surface area contributed by atoms with Crippen LogP contribution in [0.4, 0.5) is 11.6 Å². The van der Waals surface area contributed by atoms with E-state index in [2.05, 4.69) is 27.1 Å². The Morgan fingerprint density at radius 2 is 1.83 bits per heavy atom. The molecular formula is C18H19N5O. The number of carbonyl (C=O) groups is 1. The minimum atomic E-state index is -0.248. The van der Waals surface area contributed by atoms with E-state index in [1.54, 1.807) is 36.7 Å². The number of anilines is 2. The summed E-state index contributed by atoms with van der Waals surface area (Å²) in [7, 11) is 0. The third kappa shape index (κ3) is 3.69. The third-order valence-corrected chi connectivity index (χ3v) is 4.24. The number of aromatic nitrogens is 2. The van der Waals surface area contributed by atoms with Gasteiger partial charge in [0.25, 0.3) is 5.91 Å². The van der Waals surface area contributed by atoms with Crippen LogP contribution < -0.4 is 10.2 Å². The van der Waals surface area contributed by atoms with Crippen molar-refractivity contribution < 1.29 is 4.79 Å². The second-order valence-electron chi connectivity index (χ2n) is 6.08. The van der Waals surface area contributed by atoms with E-state index in [9.17, 15) is 4.79 Å². The molecule has 1 aromatic heterocycles. The Bertz CT molecular complexity index is 740. The van der Waals surface area contributed by atoms with Crippen molar-refractivity contribution in [2.75, 3.05) is 23.3 Å². The van der Waals surface area contributed by atoms with Gasteiger partial charge in [-0.2, -0.15) is 5.26 Å². The third-order valence-electron chi connectivity index (χ3n) is 4.24. The van der Waals surface area contributed by atoms with Gasteiger partial charge in [0, 0.05) is 18.7 Å². The first kappa shape index (κ1) is 15.9. The molecule has 0 unspecified atom stereocenters. The van der Waals surface area contributed by atoms with Crippen LogP contribution in [0.15, 0.2) is 36.7 Å². The highest BCUT2D eigenvalue weighted by molar-refractivity contribution is 6.04. The molecule has 0 aliphatic carbocycles. The monoisotopic (exact) mass is 321 g/mol. The fourth-order valence-corrected chi connectivity index (χ4v) is 2.66. The van der Waals surface area contributed by atoms with Crippen LogP contribution in [0, 0.1) is 17.2 Å². The van der Waals surface area contributed by atoms with E-state index in [1.165, 1.54) is 0 Å². The number of carbonyl (C=O) groups excluding carboxylic acids is 1. The van der Waals surface area contributed by atoms with Gasteiger partial charge >= 0.3 is 0 Å². The molecule has 24 heavy (non-hydrogen) atoms. The van der Waals surface area contributed by atoms with Crippen LogP contribution in [0.5, 0.6) is 0 Å². The molecule has 2 heterocycles. The fraction of sp³-hybridized carbons (Fsp3) is 0.333. The van der Waals surface area contributed by atoms with E-state index < -0.39 is 0 Å². The Hall–Kier alpha value is -2.94. The normalized spacial score (nSPS) is 14.9.